The maximum Gasteiger partial charge on any atom is 0.146 e. The zero-order valence-electron chi connectivity index (χ0n) is 11.5. The van der Waals surface area contributed by atoms with Crippen molar-refractivity contribution < 1.29 is 9.15 Å². The van der Waals surface area contributed by atoms with E-state index in [0.29, 0.717) is 23.4 Å². The Hall–Kier alpha value is -1.45. The van der Waals surface area contributed by atoms with Crippen LogP contribution in [0.4, 0.5) is 0 Å². The second-order valence-corrected chi connectivity index (χ2v) is 5.71. The Kier molecular flexibility index (Phi) is 3.99. The smallest absolute Gasteiger partial charge is 0.146 e. The summed E-state index contributed by atoms with van der Waals surface area (Å²) in [7, 11) is 0. The van der Waals surface area contributed by atoms with Gasteiger partial charge in [-0.3, -0.25) is 0 Å². The van der Waals surface area contributed by atoms with E-state index in [9.17, 15) is 0 Å². The molecule has 0 saturated heterocycles. The largest absolute Gasteiger partial charge is 0.484 e. The van der Waals surface area contributed by atoms with Gasteiger partial charge in [0.15, 0.2) is 0 Å². The summed E-state index contributed by atoms with van der Waals surface area (Å²) in [5.41, 5.74) is 2.28. The maximum atomic E-state index is 6.09. The minimum absolute atomic E-state index is 0.395. The van der Waals surface area contributed by atoms with Crippen LogP contribution >= 0.6 is 11.6 Å². The molecule has 1 aromatic heterocycles. The van der Waals surface area contributed by atoms with E-state index in [0.717, 1.165) is 23.4 Å². The Morgan fingerprint density at radius 2 is 2.20 bits per heavy atom. The molecule has 0 atom stereocenters. The van der Waals surface area contributed by atoms with Crippen LogP contribution in [0, 0.1) is 6.92 Å². The Morgan fingerprint density at radius 3 is 3.00 bits per heavy atom. The predicted octanol–water partition coefficient (Wildman–Crippen LogP) is 4.07. The van der Waals surface area contributed by atoms with E-state index in [1.165, 1.54) is 12.8 Å². The van der Waals surface area contributed by atoms with Crippen LogP contribution in [-0.2, 0) is 13.2 Å². The van der Waals surface area contributed by atoms with Gasteiger partial charge in [-0.2, -0.15) is 0 Å². The molecule has 0 aliphatic heterocycles. The highest BCUT2D eigenvalue weighted by Crippen LogP contribution is 2.26. The fourth-order valence-electron chi connectivity index (χ4n) is 2.01. The van der Waals surface area contributed by atoms with Gasteiger partial charge in [0.25, 0.3) is 0 Å². The molecule has 1 aliphatic carbocycles. The van der Waals surface area contributed by atoms with Crippen LogP contribution in [0.25, 0.3) is 0 Å². The summed E-state index contributed by atoms with van der Waals surface area (Å²) in [6, 6.07) is 8.47. The van der Waals surface area contributed by atoms with Crippen molar-refractivity contribution in [2.24, 2.45) is 0 Å². The predicted molar refractivity (Wildman–Crippen MR) is 79.1 cm³/mol. The zero-order valence-corrected chi connectivity index (χ0v) is 12.2. The van der Waals surface area contributed by atoms with Crippen molar-refractivity contribution in [2.75, 3.05) is 0 Å². The lowest BCUT2D eigenvalue weighted by molar-refractivity contribution is 0.270. The summed E-state index contributed by atoms with van der Waals surface area (Å²) in [6.45, 7) is 3.27. The normalized spacial score (nSPS) is 14.5. The molecule has 1 N–H and O–H groups in total. The number of ether oxygens (including phenoxy) is 1. The molecule has 20 heavy (non-hydrogen) atoms. The third kappa shape index (κ3) is 3.56. The topological polar surface area (TPSA) is 34.4 Å². The molecule has 3 rings (SSSR count). The van der Waals surface area contributed by atoms with Crippen LogP contribution in [0.3, 0.4) is 0 Å². The number of hydrogen-bond donors (Lipinski definition) is 1. The number of furan rings is 1. The van der Waals surface area contributed by atoms with Crippen molar-refractivity contribution in [1.29, 1.82) is 0 Å². The summed E-state index contributed by atoms with van der Waals surface area (Å²) in [4.78, 5) is 0. The van der Waals surface area contributed by atoms with Crippen molar-refractivity contribution in [1.82, 2.24) is 5.32 Å². The van der Waals surface area contributed by atoms with Crippen LogP contribution in [0.1, 0.15) is 29.7 Å². The lowest BCUT2D eigenvalue weighted by Gasteiger charge is -2.07. The van der Waals surface area contributed by atoms with E-state index in [4.69, 9.17) is 20.8 Å². The van der Waals surface area contributed by atoms with E-state index in [1.807, 2.05) is 31.2 Å². The third-order valence-electron chi connectivity index (χ3n) is 3.34. The molecule has 1 saturated carbocycles. The highest BCUT2D eigenvalue weighted by molar-refractivity contribution is 6.32. The van der Waals surface area contributed by atoms with Crippen molar-refractivity contribution in [3.8, 4) is 5.75 Å². The number of hydrogen-bond acceptors (Lipinski definition) is 3. The summed E-state index contributed by atoms with van der Waals surface area (Å²) >= 11 is 6.09. The molecule has 2 aromatic rings. The molecule has 3 nitrogen and oxygen atoms in total. The Labute approximate surface area is 123 Å². The first-order valence-corrected chi connectivity index (χ1v) is 7.27. The number of aryl methyl sites for hydroxylation is 1. The first-order chi connectivity index (χ1) is 9.70. The van der Waals surface area contributed by atoms with Crippen molar-refractivity contribution in [2.45, 2.75) is 39.0 Å². The van der Waals surface area contributed by atoms with Crippen molar-refractivity contribution >= 4 is 11.6 Å². The maximum absolute atomic E-state index is 6.09. The van der Waals surface area contributed by atoms with Crippen LogP contribution < -0.4 is 10.1 Å². The highest BCUT2D eigenvalue weighted by Gasteiger charge is 2.20. The van der Waals surface area contributed by atoms with Crippen molar-refractivity contribution in [3.63, 3.8) is 0 Å². The summed E-state index contributed by atoms with van der Waals surface area (Å²) < 4.78 is 11.2. The van der Waals surface area contributed by atoms with Gasteiger partial charge in [0, 0.05) is 18.2 Å². The van der Waals surface area contributed by atoms with E-state index in [-0.39, 0.29) is 0 Å². The molecule has 0 spiro atoms. The standard InChI is InChI=1S/C16H18ClNO2/c1-11-2-5-15(17)16(6-11)20-10-14-7-12(9-19-14)8-18-13-3-4-13/h2,5-7,9,13,18H,3-4,8,10H2,1H3. The minimum atomic E-state index is 0.395. The van der Waals surface area contributed by atoms with Crippen LogP contribution in [-0.4, -0.2) is 6.04 Å². The second kappa shape index (κ2) is 5.90. The van der Waals surface area contributed by atoms with Gasteiger partial charge < -0.3 is 14.5 Å². The van der Waals surface area contributed by atoms with Gasteiger partial charge in [-0.15, -0.1) is 0 Å². The average molecular weight is 292 g/mol. The number of halogens is 1. The molecular weight excluding hydrogens is 274 g/mol. The monoisotopic (exact) mass is 291 g/mol. The first-order valence-electron chi connectivity index (χ1n) is 6.89. The lowest BCUT2D eigenvalue weighted by atomic mass is 10.2. The zero-order chi connectivity index (χ0) is 13.9. The van der Waals surface area contributed by atoms with Gasteiger partial charge in [0.2, 0.25) is 0 Å². The molecule has 0 unspecified atom stereocenters. The molecule has 0 bridgehead atoms. The van der Waals surface area contributed by atoms with E-state index in [2.05, 4.69) is 5.32 Å². The number of rotatable bonds is 6. The number of benzene rings is 1. The molecule has 1 fully saturated rings. The first kappa shape index (κ1) is 13.5. The van der Waals surface area contributed by atoms with Gasteiger partial charge in [0.1, 0.15) is 18.1 Å². The van der Waals surface area contributed by atoms with Gasteiger partial charge in [-0.05, 0) is 43.5 Å². The summed E-state index contributed by atoms with van der Waals surface area (Å²) in [5, 5.41) is 4.08. The Morgan fingerprint density at radius 1 is 1.35 bits per heavy atom. The van der Waals surface area contributed by atoms with Crippen LogP contribution in [0.15, 0.2) is 34.9 Å². The van der Waals surface area contributed by atoms with E-state index in [1.54, 1.807) is 6.26 Å². The molecule has 4 heteroatoms. The van der Waals surface area contributed by atoms with Crippen LogP contribution in [0.2, 0.25) is 5.02 Å². The average Bonchev–Trinajstić information content (AvgIpc) is 3.16. The molecule has 1 heterocycles. The highest BCUT2D eigenvalue weighted by atomic mass is 35.5. The summed E-state index contributed by atoms with van der Waals surface area (Å²) in [5.74, 6) is 1.51. The quantitative estimate of drug-likeness (QED) is 0.871. The van der Waals surface area contributed by atoms with Gasteiger partial charge in [-0.1, -0.05) is 17.7 Å². The SMILES string of the molecule is Cc1ccc(Cl)c(OCc2cc(CNC3CC3)co2)c1. The number of nitrogens with one attached hydrogen (secondary N) is 1. The van der Waals surface area contributed by atoms with E-state index < -0.39 is 0 Å². The van der Waals surface area contributed by atoms with E-state index >= 15 is 0 Å². The second-order valence-electron chi connectivity index (χ2n) is 5.30. The Balaban J connectivity index is 1.55. The van der Waals surface area contributed by atoms with Gasteiger partial charge in [-0.25, -0.2) is 0 Å². The molecule has 1 aliphatic rings. The molecule has 0 radical (unpaired) electrons. The molecule has 106 valence electrons. The fourth-order valence-corrected chi connectivity index (χ4v) is 2.19. The van der Waals surface area contributed by atoms with Gasteiger partial charge in [0.05, 0.1) is 11.3 Å². The lowest BCUT2D eigenvalue weighted by Crippen LogP contribution is -2.14. The Bertz CT molecular complexity index is 590. The van der Waals surface area contributed by atoms with Crippen LogP contribution in [0.5, 0.6) is 5.75 Å². The fraction of sp³-hybridized carbons (Fsp3) is 0.375. The van der Waals surface area contributed by atoms with Crippen molar-refractivity contribution in [3.05, 3.63) is 52.4 Å². The van der Waals surface area contributed by atoms with Gasteiger partial charge >= 0.3 is 0 Å². The molecular formula is C16H18ClNO2. The third-order valence-corrected chi connectivity index (χ3v) is 3.65. The summed E-state index contributed by atoms with van der Waals surface area (Å²) in [6.07, 6.45) is 4.37. The molecule has 1 aromatic carbocycles. The minimum Gasteiger partial charge on any atom is -0.484 e. The molecule has 0 amide bonds.